The zero-order valence-electron chi connectivity index (χ0n) is 9.91. The highest BCUT2D eigenvalue weighted by molar-refractivity contribution is 5.27. The molecule has 2 nitrogen and oxygen atoms in total. The first-order valence-electron chi connectivity index (χ1n) is 6.03. The van der Waals surface area contributed by atoms with Crippen LogP contribution in [0.1, 0.15) is 36.5 Å². The van der Waals surface area contributed by atoms with Crippen LogP contribution in [0.5, 0.6) is 0 Å². The standard InChI is InChI=1S/C13H16F3NO/c14-13(15,16)10-4-1-3-9(7-10)12-6-2-5-11(8-17)18-12/h1,3-4,7,11-12H,2,5-6,8,17H2. The molecule has 1 heterocycles. The lowest BCUT2D eigenvalue weighted by molar-refractivity contribution is -0.137. The molecule has 1 aliphatic heterocycles. The Hall–Kier alpha value is -1.07. The summed E-state index contributed by atoms with van der Waals surface area (Å²) in [5, 5.41) is 0. The molecule has 2 N–H and O–H groups in total. The van der Waals surface area contributed by atoms with Crippen LogP contribution < -0.4 is 5.73 Å². The van der Waals surface area contributed by atoms with Gasteiger partial charge in [0, 0.05) is 6.54 Å². The molecule has 100 valence electrons. The predicted octanol–water partition coefficient (Wildman–Crippen LogP) is 3.27. The minimum Gasteiger partial charge on any atom is -0.369 e. The van der Waals surface area contributed by atoms with E-state index in [0.29, 0.717) is 12.1 Å². The highest BCUT2D eigenvalue weighted by Gasteiger charge is 2.31. The normalized spacial score (nSPS) is 25.1. The summed E-state index contributed by atoms with van der Waals surface area (Å²) < 4.78 is 43.5. The molecule has 0 bridgehead atoms. The van der Waals surface area contributed by atoms with Gasteiger partial charge in [0.2, 0.25) is 0 Å². The lowest BCUT2D eigenvalue weighted by Crippen LogP contribution is -2.29. The van der Waals surface area contributed by atoms with Crippen LogP contribution >= 0.6 is 0 Å². The molecule has 1 aromatic rings. The SMILES string of the molecule is NCC1CCCC(c2cccc(C(F)(F)F)c2)O1. The van der Waals surface area contributed by atoms with Gasteiger partial charge in [-0.1, -0.05) is 12.1 Å². The van der Waals surface area contributed by atoms with Gasteiger partial charge in [0.05, 0.1) is 17.8 Å². The lowest BCUT2D eigenvalue weighted by Gasteiger charge is -2.29. The lowest BCUT2D eigenvalue weighted by atomic mass is 9.97. The molecule has 1 aliphatic rings. The molecule has 18 heavy (non-hydrogen) atoms. The first-order chi connectivity index (χ1) is 8.50. The summed E-state index contributed by atoms with van der Waals surface area (Å²) >= 11 is 0. The van der Waals surface area contributed by atoms with Crippen molar-refractivity contribution < 1.29 is 17.9 Å². The fourth-order valence-corrected chi connectivity index (χ4v) is 2.23. The van der Waals surface area contributed by atoms with E-state index in [1.165, 1.54) is 12.1 Å². The van der Waals surface area contributed by atoms with E-state index >= 15 is 0 Å². The van der Waals surface area contributed by atoms with E-state index in [-0.39, 0.29) is 12.2 Å². The van der Waals surface area contributed by atoms with Crippen molar-refractivity contribution in [1.82, 2.24) is 0 Å². The number of hydrogen-bond acceptors (Lipinski definition) is 2. The van der Waals surface area contributed by atoms with Gasteiger partial charge in [-0.3, -0.25) is 0 Å². The quantitative estimate of drug-likeness (QED) is 0.884. The van der Waals surface area contributed by atoms with Gasteiger partial charge < -0.3 is 10.5 Å². The van der Waals surface area contributed by atoms with Gasteiger partial charge in [0.25, 0.3) is 0 Å². The second kappa shape index (κ2) is 5.28. The molecular formula is C13H16F3NO. The molecule has 1 saturated heterocycles. The highest BCUT2D eigenvalue weighted by Crippen LogP contribution is 2.35. The Morgan fingerprint density at radius 3 is 2.72 bits per heavy atom. The highest BCUT2D eigenvalue weighted by atomic mass is 19.4. The Bertz CT molecular complexity index is 405. The van der Waals surface area contributed by atoms with Crippen molar-refractivity contribution in [2.45, 2.75) is 37.6 Å². The van der Waals surface area contributed by atoms with Crippen LogP contribution in [0.25, 0.3) is 0 Å². The van der Waals surface area contributed by atoms with Crippen LogP contribution in [0.3, 0.4) is 0 Å². The summed E-state index contributed by atoms with van der Waals surface area (Å²) in [4.78, 5) is 0. The Labute approximate surface area is 104 Å². The molecule has 0 saturated carbocycles. The third-order valence-corrected chi connectivity index (χ3v) is 3.20. The second-order valence-corrected chi connectivity index (χ2v) is 4.54. The zero-order valence-corrected chi connectivity index (χ0v) is 9.91. The number of benzene rings is 1. The van der Waals surface area contributed by atoms with Crippen LogP contribution in [0, 0.1) is 0 Å². The molecule has 1 aromatic carbocycles. The van der Waals surface area contributed by atoms with E-state index in [1.54, 1.807) is 6.07 Å². The molecule has 2 rings (SSSR count). The summed E-state index contributed by atoms with van der Waals surface area (Å²) in [5.41, 5.74) is 5.50. The van der Waals surface area contributed by atoms with Crippen LogP contribution in [-0.2, 0) is 10.9 Å². The zero-order chi connectivity index (χ0) is 13.2. The van der Waals surface area contributed by atoms with Crippen LogP contribution in [0.15, 0.2) is 24.3 Å². The van der Waals surface area contributed by atoms with Crippen molar-refractivity contribution in [1.29, 1.82) is 0 Å². The Balaban J connectivity index is 2.18. The average molecular weight is 259 g/mol. The third-order valence-electron chi connectivity index (χ3n) is 3.20. The van der Waals surface area contributed by atoms with E-state index in [9.17, 15) is 13.2 Å². The van der Waals surface area contributed by atoms with Gasteiger partial charge in [-0.25, -0.2) is 0 Å². The molecule has 2 unspecified atom stereocenters. The van der Waals surface area contributed by atoms with Crippen molar-refractivity contribution >= 4 is 0 Å². The fraction of sp³-hybridized carbons (Fsp3) is 0.538. The minimum atomic E-state index is -4.31. The van der Waals surface area contributed by atoms with Gasteiger partial charge in [-0.05, 0) is 37.0 Å². The van der Waals surface area contributed by atoms with E-state index in [0.717, 1.165) is 25.3 Å². The predicted molar refractivity (Wildman–Crippen MR) is 62.0 cm³/mol. The number of ether oxygens (including phenoxy) is 1. The summed E-state index contributed by atoms with van der Waals surface area (Å²) in [7, 11) is 0. The van der Waals surface area contributed by atoms with Crippen molar-refractivity contribution in [3.05, 3.63) is 35.4 Å². The fourth-order valence-electron chi connectivity index (χ4n) is 2.23. The summed E-state index contributed by atoms with van der Waals surface area (Å²) in [6, 6.07) is 5.35. The summed E-state index contributed by atoms with van der Waals surface area (Å²) in [6.45, 7) is 0.412. The molecule has 0 aromatic heterocycles. The number of rotatable bonds is 2. The Morgan fingerprint density at radius 1 is 1.28 bits per heavy atom. The van der Waals surface area contributed by atoms with Gasteiger partial charge in [0.15, 0.2) is 0 Å². The second-order valence-electron chi connectivity index (χ2n) is 4.54. The Morgan fingerprint density at radius 2 is 2.06 bits per heavy atom. The van der Waals surface area contributed by atoms with Crippen molar-refractivity contribution in [2.24, 2.45) is 5.73 Å². The first kappa shape index (κ1) is 13.4. The van der Waals surface area contributed by atoms with Gasteiger partial charge >= 0.3 is 6.18 Å². The van der Waals surface area contributed by atoms with Gasteiger partial charge in [-0.15, -0.1) is 0 Å². The molecular weight excluding hydrogens is 243 g/mol. The van der Waals surface area contributed by atoms with Crippen molar-refractivity contribution in [3.8, 4) is 0 Å². The maximum atomic E-state index is 12.6. The van der Waals surface area contributed by atoms with Crippen LogP contribution in [0.2, 0.25) is 0 Å². The average Bonchev–Trinajstić information content (AvgIpc) is 2.38. The van der Waals surface area contributed by atoms with Crippen LogP contribution in [0.4, 0.5) is 13.2 Å². The van der Waals surface area contributed by atoms with E-state index < -0.39 is 11.7 Å². The smallest absolute Gasteiger partial charge is 0.369 e. The Kier molecular flexibility index (Phi) is 3.92. The molecule has 2 atom stereocenters. The summed E-state index contributed by atoms with van der Waals surface area (Å²) in [6.07, 6.45) is -2.06. The molecule has 0 amide bonds. The van der Waals surface area contributed by atoms with Crippen molar-refractivity contribution in [2.75, 3.05) is 6.54 Å². The van der Waals surface area contributed by atoms with Crippen molar-refractivity contribution in [3.63, 3.8) is 0 Å². The van der Waals surface area contributed by atoms with E-state index in [4.69, 9.17) is 10.5 Å². The van der Waals surface area contributed by atoms with Gasteiger partial charge in [-0.2, -0.15) is 13.2 Å². The number of hydrogen-bond donors (Lipinski definition) is 1. The minimum absolute atomic E-state index is 0.0432. The number of halogens is 3. The topological polar surface area (TPSA) is 35.2 Å². The maximum Gasteiger partial charge on any atom is 0.416 e. The first-order valence-corrected chi connectivity index (χ1v) is 6.03. The summed E-state index contributed by atoms with van der Waals surface area (Å²) in [5.74, 6) is 0. The number of nitrogens with two attached hydrogens (primary N) is 1. The molecule has 5 heteroatoms. The monoisotopic (exact) mass is 259 g/mol. The molecule has 1 fully saturated rings. The largest absolute Gasteiger partial charge is 0.416 e. The van der Waals surface area contributed by atoms with E-state index in [1.807, 2.05) is 0 Å². The maximum absolute atomic E-state index is 12.6. The van der Waals surface area contributed by atoms with E-state index in [2.05, 4.69) is 0 Å². The number of alkyl halides is 3. The van der Waals surface area contributed by atoms with Crippen LogP contribution in [-0.4, -0.2) is 12.6 Å². The third kappa shape index (κ3) is 3.03. The van der Waals surface area contributed by atoms with Gasteiger partial charge in [0.1, 0.15) is 0 Å². The molecule has 0 radical (unpaired) electrons. The molecule has 0 spiro atoms. The molecule has 0 aliphatic carbocycles.